The van der Waals surface area contributed by atoms with Gasteiger partial charge in [0.05, 0.1) is 12.6 Å². The summed E-state index contributed by atoms with van der Waals surface area (Å²) in [6.45, 7) is 8.23. The maximum absolute atomic E-state index is 12.6. The molecular formula is C20H26N4O2. The Morgan fingerprint density at radius 3 is 2.81 bits per heavy atom. The van der Waals surface area contributed by atoms with E-state index in [2.05, 4.69) is 31.2 Å². The highest BCUT2D eigenvalue weighted by atomic mass is 16.2. The smallest absolute Gasteiger partial charge is 0.251 e. The van der Waals surface area contributed by atoms with Crippen molar-refractivity contribution in [2.45, 2.75) is 39.8 Å². The lowest BCUT2D eigenvalue weighted by Crippen LogP contribution is -2.39. The first-order valence-electron chi connectivity index (χ1n) is 8.95. The molecule has 0 bridgehead atoms. The van der Waals surface area contributed by atoms with Crippen molar-refractivity contribution in [2.24, 2.45) is 5.41 Å². The molecule has 0 saturated carbocycles. The molecular weight excluding hydrogens is 328 g/mol. The predicted molar refractivity (Wildman–Crippen MR) is 99.7 cm³/mol. The minimum absolute atomic E-state index is 0.0510. The molecule has 1 aliphatic rings. The lowest BCUT2D eigenvalue weighted by molar-refractivity contribution is -0.128. The van der Waals surface area contributed by atoms with Gasteiger partial charge in [-0.1, -0.05) is 32.9 Å². The highest BCUT2D eigenvalue weighted by Gasteiger charge is 2.32. The summed E-state index contributed by atoms with van der Waals surface area (Å²) in [7, 11) is 0. The molecule has 1 aliphatic heterocycles. The van der Waals surface area contributed by atoms with E-state index in [9.17, 15) is 9.59 Å². The van der Waals surface area contributed by atoms with Gasteiger partial charge in [0.25, 0.3) is 5.91 Å². The Hall–Kier alpha value is -2.63. The molecule has 0 aliphatic carbocycles. The van der Waals surface area contributed by atoms with Crippen LogP contribution >= 0.6 is 0 Å². The Kier molecular flexibility index (Phi) is 5.11. The molecule has 2 aromatic rings. The topological polar surface area (TPSA) is 67.2 Å². The SMILES string of the molecule is CC(C)(C)CN1C[C@H](NC(=O)c2cccc(Cn3cccn3)c2)CC1=O. The summed E-state index contributed by atoms with van der Waals surface area (Å²) in [5.41, 5.74) is 1.67. The van der Waals surface area contributed by atoms with Gasteiger partial charge in [0.15, 0.2) is 0 Å². The molecule has 2 amide bonds. The standard InChI is InChI=1S/C20H26N4O2/c1-20(2,3)14-23-13-17(11-18(23)25)22-19(26)16-7-4-6-15(10-16)12-24-9-5-8-21-24/h4-10,17H,11-14H2,1-3H3,(H,22,26)/t17-/m1/s1. The number of amides is 2. The second kappa shape index (κ2) is 7.32. The van der Waals surface area contributed by atoms with Crippen LogP contribution in [0.25, 0.3) is 0 Å². The van der Waals surface area contributed by atoms with Crippen LogP contribution in [0.3, 0.4) is 0 Å². The Morgan fingerprint density at radius 2 is 2.12 bits per heavy atom. The number of nitrogens with one attached hydrogen (secondary N) is 1. The Labute approximate surface area is 154 Å². The molecule has 0 radical (unpaired) electrons. The lowest BCUT2D eigenvalue weighted by atomic mass is 9.96. The van der Waals surface area contributed by atoms with Crippen LogP contribution < -0.4 is 5.32 Å². The van der Waals surface area contributed by atoms with Gasteiger partial charge in [0.1, 0.15) is 0 Å². The van der Waals surface area contributed by atoms with E-state index in [1.807, 2.05) is 40.0 Å². The molecule has 138 valence electrons. The maximum Gasteiger partial charge on any atom is 0.251 e. The van der Waals surface area contributed by atoms with Gasteiger partial charge in [-0.05, 0) is 29.2 Å². The van der Waals surface area contributed by atoms with Crippen LogP contribution in [-0.4, -0.2) is 45.6 Å². The molecule has 3 rings (SSSR count). The molecule has 6 heteroatoms. The van der Waals surface area contributed by atoms with Crippen molar-refractivity contribution in [1.29, 1.82) is 0 Å². The molecule has 1 aromatic heterocycles. The zero-order chi connectivity index (χ0) is 18.7. The number of benzene rings is 1. The molecule has 1 N–H and O–H groups in total. The van der Waals surface area contributed by atoms with Gasteiger partial charge in [-0.15, -0.1) is 0 Å². The fraction of sp³-hybridized carbons (Fsp3) is 0.450. The van der Waals surface area contributed by atoms with Gasteiger partial charge >= 0.3 is 0 Å². The molecule has 0 unspecified atom stereocenters. The minimum atomic E-state index is -0.136. The number of carbonyl (C=O) groups is 2. The van der Waals surface area contributed by atoms with E-state index in [1.54, 1.807) is 12.3 Å². The number of likely N-dealkylation sites (tertiary alicyclic amines) is 1. The average molecular weight is 354 g/mol. The quantitative estimate of drug-likeness (QED) is 0.896. The fourth-order valence-electron chi connectivity index (χ4n) is 3.25. The third-order valence-electron chi connectivity index (χ3n) is 4.31. The fourth-order valence-corrected chi connectivity index (χ4v) is 3.25. The van der Waals surface area contributed by atoms with E-state index in [0.717, 1.165) is 5.56 Å². The molecule has 1 saturated heterocycles. The molecule has 1 atom stereocenters. The predicted octanol–water partition coefficient (Wildman–Crippen LogP) is 2.31. The zero-order valence-electron chi connectivity index (χ0n) is 15.6. The number of hydrogen-bond acceptors (Lipinski definition) is 3. The maximum atomic E-state index is 12.6. The second-order valence-electron chi connectivity index (χ2n) is 8.11. The van der Waals surface area contributed by atoms with Crippen molar-refractivity contribution in [1.82, 2.24) is 20.0 Å². The Morgan fingerprint density at radius 1 is 1.31 bits per heavy atom. The molecule has 26 heavy (non-hydrogen) atoms. The number of carbonyl (C=O) groups excluding carboxylic acids is 2. The van der Waals surface area contributed by atoms with Crippen molar-refractivity contribution in [3.63, 3.8) is 0 Å². The van der Waals surface area contributed by atoms with Crippen molar-refractivity contribution < 1.29 is 9.59 Å². The van der Waals surface area contributed by atoms with Crippen LogP contribution in [0, 0.1) is 5.41 Å². The Balaban J connectivity index is 1.61. The van der Waals surface area contributed by atoms with E-state index in [-0.39, 0.29) is 23.3 Å². The summed E-state index contributed by atoms with van der Waals surface area (Å²) in [5, 5.41) is 7.19. The number of aromatic nitrogens is 2. The van der Waals surface area contributed by atoms with Crippen LogP contribution in [0.5, 0.6) is 0 Å². The van der Waals surface area contributed by atoms with E-state index in [1.165, 1.54) is 0 Å². The molecule has 0 spiro atoms. The van der Waals surface area contributed by atoms with Crippen LogP contribution in [0.15, 0.2) is 42.7 Å². The highest BCUT2D eigenvalue weighted by Crippen LogP contribution is 2.20. The summed E-state index contributed by atoms with van der Waals surface area (Å²) in [5.74, 6) is -0.0274. The third-order valence-corrected chi connectivity index (χ3v) is 4.31. The highest BCUT2D eigenvalue weighted by molar-refractivity contribution is 5.95. The first-order valence-corrected chi connectivity index (χ1v) is 8.95. The summed E-state index contributed by atoms with van der Waals surface area (Å²) in [6.07, 6.45) is 3.99. The van der Waals surface area contributed by atoms with Crippen molar-refractivity contribution in [3.8, 4) is 0 Å². The van der Waals surface area contributed by atoms with Crippen LogP contribution in [-0.2, 0) is 11.3 Å². The Bertz CT molecular complexity index is 777. The van der Waals surface area contributed by atoms with Crippen molar-refractivity contribution >= 4 is 11.8 Å². The van der Waals surface area contributed by atoms with Gasteiger partial charge in [-0.2, -0.15) is 5.10 Å². The zero-order valence-corrected chi connectivity index (χ0v) is 15.6. The van der Waals surface area contributed by atoms with Gasteiger partial charge in [-0.3, -0.25) is 14.3 Å². The van der Waals surface area contributed by atoms with Crippen LogP contribution in [0.1, 0.15) is 43.1 Å². The minimum Gasteiger partial charge on any atom is -0.347 e. The van der Waals surface area contributed by atoms with Crippen molar-refractivity contribution in [3.05, 3.63) is 53.9 Å². The van der Waals surface area contributed by atoms with Gasteiger partial charge in [0, 0.05) is 37.5 Å². The molecule has 6 nitrogen and oxygen atoms in total. The monoisotopic (exact) mass is 354 g/mol. The summed E-state index contributed by atoms with van der Waals surface area (Å²) in [6, 6.07) is 9.26. The molecule has 1 fully saturated rings. The van der Waals surface area contributed by atoms with Gasteiger partial charge in [0.2, 0.25) is 5.91 Å². The molecule has 1 aromatic carbocycles. The first-order chi connectivity index (χ1) is 12.3. The van der Waals surface area contributed by atoms with Crippen LogP contribution in [0.4, 0.5) is 0 Å². The largest absolute Gasteiger partial charge is 0.347 e. The lowest BCUT2D eigenvalue weighted by Gasteiger charge is -2.26. The van der Waals surface area contributed by atoms with Crippen molar-refractivity contribution in [2.75, 3.05) is 13.1 Å². The van der Waals surface area contributed by atoms with Gasteiger partial charge in [-0.25, -0.2) is 0 Å². The first kappa shape index (κ1) is 18.2. The number of hydrogen-bond donors (Lipinski definition) is 1. The normalized spacial score (nSPS) is 17.6. The average Bonchev–Trinajstić information content (AvgIpc) is 3.16. The van der Waals surface area contributed by atoms with E-state index < -0.39 is 0 Å². The summed E-state index contributed by atoms with van der Waals surface area (Å²) in [4.78, 5) is 26.6. The van der Waals surface area contributed by atoms with Gasteiger partial charge < -0.3 is 10.2 Å². The molecule has 2 heterocycles. The van der Waals surface area contributed by atoms with E-state index in [4.69, 9.17) is 0 Å². The van der Waals surface area contributed by atoms with Crippen LogP contribution in [0.2, 0.25) is 0 Å². The van der Waals surface area contributed by atoms with E-state index in [0.29, 0.717) is 31.6 Å². The summed E-state index contributed by atoms with van der Waals surface area (Å²) >= 11 is 0. The number of rotatable bonds is 5. The summed E-state index contributed by atoms with van der Waals surface area (Å²) < 4.78 is 1.82. The third kappa shape index (κ3) is 4.71. The van der Waals surface area contributed by atoms with E-state index >= 15 is 0 Å². The second-order valence-corrected chi connectivity index (χ2v) is 8.11. The number of nitrogens with zero attached hydrogens (tertiary/aromatic N) is 3.